The molecule has 0 aliphatic carbocycles. The van der Waals surface area contributed by atoms with E-state index in [0.29, 0.717) is 23.1 Å². The van der Waals surface area contributed by atoms with Crippen LogP contribution in [0.5, 0.6) is 23.1 Å². The Bertz CT molecular complexity index is 877. The molecule has 0 bridgehead atoms. The van der Waals surface area contributed by atoms with Gasteiger partial charge in [-0.25, -0.2) is 4.98 Å². The van der Waals surface area contributed by atoms with Crippen LogP contribution in [0.2, 0.25) is 0 Å². The fraction of sp³-hybridized carbons (Fsp3) is 0.176. The van der Waals surface area contributed by atoms with Crippen LogP contribution in [-0.4, -0.2) is 30.4 Å². The summed E-state index contributed by atoms with van der Waals surface area (Å²) in [4.78, 5) is 5.28. The van der Waals surface area contributed by atoms with Crippen molar-refractivity contribution in [2.75, 3.05) is 21.0 Å². The second-order valence-electron chi connectivity index (χ2n) is 5.07. The van der Waals surface area contributed by atoms with Crippen LogP contribution in [0.1, 0.15) is 0 Å². The number of aromatic nitrogens is 2. The van der Waals surface area contributed by atoms with Crippen LogP contribution in [0, 0.1) is 0 Å². The second-order valence-corrected chi connectivity index (χ2v) is 5.87. The van der Waals surface area contributed by atoms with Crippen molar-refractivity contribution in [1.29, 1.82) is 0 Å². The molecule has 0 fully saturated rings. The highest BCUT2D eigenvalue weighted by Crippen LogP contribution is 2.46. The summed E-state index contributed by atoms with van der Waals surface area (Å²) in [6, 6.07) is 7.67. The van der Waals surface area contributed by atoms with Crippen LogP contribution in [-0.2, 0) is 0 Å². The van der Waals surface area contributed by atoms with Crippen LogP contribution < -0.4 is 18.9 Å². The largest absolute Gasteiger partial charge is 0.493 e. The predicted molar refractivity (Wildman–Crippen MR) is 90.0 cm³/mol. The van der Waals surface area contributed by atoms with Crippen molar-refractivity contribution in [3.63, 3.8) is 0 Å². The molecule has 0 unspecified atom stereocenters. The van der Waals surface area contributed by atoms with E-state index in [1.54, 1.807) is 20.4 Å². The lowest BCUT2D eigenvalue weighted by molar-refractivity contribution is 0.171. The Labute approximate surface area is 142 Å². The minimum atomic E-state index is 0.201. The first-order chi connectivity index (χ1) is 11.8. The smallest absolute Gasteiger partial charge is 0.231 e. The average molecular weight is 342 g/mol. The van der Waals surface area contributed by atoms with Gasteiger partial charge in [0.05, 0.1) is 19.1 Å². The van der Waals surface area contributed by atoms with Gasteiger partial charge in [0.1, 0.15) is 0 Å². The molecule has 0 saturated heterocycles. The quantitative estimate of drug-likeness (QED) is 0.722. The van der Waals surface area contributed by atoms with E-state index < -0.39 is 0 Å². The van der Waals surface area contributed by atoms with Gasteiger partial charge in [0.15, 0.2) is 11.5 Å². The van der Waals surface area contributed by atoms with Crippen LogP contribution in [0.3, 0.4) is 0 Å². The van der Waals surface area contributed by atoms with Crippen LogP contribution >= 0.6 is 11.5 Å². The molecule has 4 rings (SSSR count). The molecule has 7 heteroatoms. The summed E-state index contributed by atoms with van der Waals surface area (Å²) in [5.74, 6) is 2.54. The van der Waals surface area contributed by atoms with Gasteiger partial charge >= 0.3 is 0 Å². The summed E-state index contributed by atoms with van der Waals surface area (Å²) < 4.78 is 25.8. The standard InChI is InChI=1S/C17H14N2O4S/c1-20-13-5-11(6-14-16(13)23-9-22-14)17-12(8-19-24-17)10-3-4-15(21-2)18-7-10/h3-8H,9H2,1-2H3. The molecule has 0 spiro atoms. The van der Waals surface area contributed by atoms with Crippen LogP contribution in [0.25, 0.3) is 21.6 Å². The van der Waals surface area contributed by atoms with Crippen molar-refractivity contribution < 1.29 is 18.9 Å². The van der Waals surface area contributed by atoms with Gasteiger partial charge in [0, 0.05) is 35.2 Å². The third-order valence-electron chi connectivity index (χ3n) is 3.75. The first-order valence-electron chi connectivity index (χ1n) is 7.23. The molecule has 3 aromatic rings. The summed E-state index contributed by atoms with van der Waals surface area (Å²) in [6.07, 6.45) is 3.61. The number of rotatable bonds is 4. The number of ether oxygens (including phenoxy) is 4. The van der Waals surface area contributed by atoms with Gasteiger partial charge in [-0.2, -0.15) is 4.37 Å². The molecule has 0 atom stereocenters. The zero-order valence-electron chi connectivity index (χ0n) is 13.1. The number of nitrogens with zero attached hydrogens (tertiary/aromatic N) is 2. The molecule has 1 aliphatic heterocycles. The molecule has 24 heavy (non-hydrogen) atoms. The van der Waals surface area contributed by atoms with Crippen molar-refractivity contribution >= 4 is 11.5 Å². The number of methoxy groups -OCH3 is 2. The summed E-state index contributed by atoms with van der Waals surface area (Å²) >= 11 is 1.41. The minimum Gasteiger partial charge on any atom is -0.493 e. The number of benzene rings is 1. The van der Waals surface area contributed by atoms with Crippen LogP contribution in [0.4, 0.5) is 0 Å². The fourth-order valence-electron chi connectivity index (χ4n) is 2.57. The molecule has 6 nitrogen and oxygen atoms in total. The Morgan fingerprint density at radius 2 is 1.96 bits per heavy atom. The van der Waals surface area contributed by atoms with E-state index in [0.717, 1.165) is 21.6 Å². The minimum absolute atomic E-state index is 0.201. The third kappa shape index (κ3) is 2.43. The van der Waals surface area contributed by atoms with E-state index in [2.05, 4.69) is 9.36 Å². The van der Waals surface area contributed by atoms with Crippen molar-refractivity contribution in [2.45, 2.75) is 0 Å². The van der Waals surface area contributed by atoms with Gasteiger partial charge in [-0.15, -0.1) is 0 Å². The summed E-state index contributed by atoms with van der Waals surface area (Å²) in [5.41, 5.74) is 2.93. The van der Waals surface area contributed by atoms with Crippen molar-refractivity contribution in [1.82, 2.24) is 9.36 Å². The number of hydrogen-bond donors (Lipinski definition) is 0. The zero-order valence-corrected chi connectivity index (χ0v) is 13.9. The highest BCUT2D eigenvalue weighted by molar-refractivity contribution is 7.10. The Morgan fingerprint density at radius 3 is 2.71 bits per heavy atom. The predicted octanol–water partition coefficient (Wildman–Crippen LogP) is 3.62. The summed E-state index contributed by atoms with van der Waals surface area (Å²) in [6.45, 7) is 0.201. The van der Waals surface area contributed by atoms with E-state index in [1.807, 2.05) is 30.5 Å². The SMILES string of the molecule is COc1ccc(-c2cnsc2-c2cc(OC)c3c(c2)OCO3)cn1. The molecule has 0 saturated carbocycles. The molecule has 1 aromatic carbocycles. The van der Waals surface area contributed by atoms with E-state index in [1.165, 1.54) is 11.5 Å². The molecule has 3 heterocycles. The van der Waals surface area contributed by atoms with E-state index in [-0.39, 0.29) is 6.79 Å². The monoisotopic (exact) mass is 342 g/mol. The lowest BCUT2D eigenvalue weighted by atomic mass is 10.0. The first-order valence-corrected chi connectivity index (χ1v) is 8.00. The van der Waals surface area contributed by atoms with E-state index in [4.69, 9.17) is 18.9 Å². The molecule has 1 aliphatic rings. The average Bonchev–Trinajstić information content (AvgIpc) is 3.29. The van der Waals surface area contributed by atoms with E-state index in [9.17, 15) is 0 Å². The normalized spacial score (nSPS) is 12.2. The van der Waals surface area contributed by atoms with Crippen molar-refractivity contribution in [2.24, 2.45) is 0 Å². The Kier molecular flexibility index (Phi) is 3.70. The lowest BCUT2D eigenvalue weighted by Gasteiger charge is -2.09. The van der Waals surface area contributed by atoms with Crippen molar-refractivity contribution in [3.05, 3.63) is 36.7 Å². The molecule has 0 N–H and O–H groups in total. The zero-order chi connectivity index (χ0) is 16.5. The van der Waals surface area contributed by atoms with E-state index >= 15 is 0 Å². The molecule has 0 radical (unpaired) electrons. The summed E-state index contributed by atoms with van der Waals surface area (Å²) in [5, 5.41) is 0. The lowest BCUT2D eigenvalue weighted by Crippen LogP contribution is -1.93. The van der Waals surface area contributed by atoms with Gasteiger partial charge in [0.25, 0.3) is 0 Å². The molecule has 0 amide bonds. The molecular formula is C17H14N2O4S. The topological polar surface area (TPSA) is 62.7 Å². The summed E-state index contributed by atoms with van der Waals surface area (Å²) in [7, 11) is 3.21. The molecule has 2 aromatic heterocycles. The second kappa shape index (κ2) is 6.01. The maximum Gasteiger partial charge on any atom is 0.231 e. The Hall–Kier alpha value is -2.80. The number of fused-ring (bicyclic) bond motifs is 1. The third-order valence-corrected chi connectivity index (χ3v) is 4.60. The highest BCUT2D eigenvalue weighted by atomic mass is 32.1. The molecular weight excluding hydrogens is 328 g/mol. The van der Waals surface area contributed by atoms with Gasteiger partial charge in [-0.3, -0.25) is 0 Å². The highest BCUT2D eigenvalue weighted by Gasteiger charge is 2.22. The maximum atomic E-state index is 5.51. The number of hydrogen-bond acceptors (Lipinski definition) is 7. The van der Waals surface area contributed by atoms with Crippen molar-refractivity contribution in [3.8, 4) is 44.7 Å². The Morgan fingerprint density at radius 1 is 1.04 bits per heavy atom. The fourth-order valence-corrected chi connectivity index (χ4v) is 3.33. The maximum absolute atomic E-state index is 5.51. The van der Waals surface area contributed by atoms with Gasteiger partial charge in [-0.05, 0) is 29.7 Å². The van der Waals surface area contributed by atoms with Crippen LogP contribution in [0.15, 0.2) is 36.7 Å². The Balaban J connectivity index is 1.80. The van der Waals surface area contributed by atoms with Gasteiger partial charge in [0.2, 0.25) is 18.4 Å². The van der Waals surface area contributed by atoms with Gasteiger partial charge < -0.3 is 18.9 Å². The van der Waals surface area contributed by atoms with Gasteiger partial charge in [-0.1, -0.05) is 0 Å². The molecule has 122 valence electrons. The first kappa shape index (κ1) is 14.8. The number of pyridine rings is 1.